The van der Waals surface area contributed by atoms with Gasteiger partial charge in [-0.1, -0.05) is 52.1 Å². The number of nitrogens with one attached hydrogen (secondary N) is 1. The van der Waals surface area contributed by atoms with Gasteiger partial charge in [0.1, 0.15) is 0 Å². The van der Waals surface area contributed by atoms with Crippen molar-refractivity contribution in [2.24, 2.45) is 0 Å². The molecule has 0 aliphatic heterocycles. The van der Waals surface area contributed by atoms with Gasteiger partial charge in [0.2, 0.25) is 5.91 Å². The molecule has 0 aromatic heterocycles. The summed E-state index contributed by atoms with van der Waals surface area (Å²) in [5.74, 6) is -0.142. The predicted octanol–water partition coefficient (Wildman–Crippen LogP) is 4.41. The average Bonchev–Trinajstić information content (AvgIpc) is 2.28. The Hall–Kier alpha value is -0.250. The molecule has 5 heteroatoms. The van der Waals surface area contributed by atoms with Crippen molar-refractivity contribution in [3.05, 3.63) is 27.7 Å². The Labute approximate surface area is 113 Å². The fourth-order valence-electron chi connectivity index (χ4n) is 1.16. The van der Waals surface area contributed by atoms with Gasteiger partial charge < -0.3 is 5.32 Å². The summed E-state index contributed by atoms with van der Waals surface area (Å²) in [6, 6.07) is 3.53. The first-order valence-corrected chi connectivity index (χ1v) is 6.54. The van der Waals surface area contributed by atoms with Crippen molar-refractivity contribution < 1.29 is 4.79 Å². The third-order valence-electron chi connectivity index (χ3n) is 2.18. The Morgan fingerprint density at radius 3 is 2.69 bits per heavy atom. The van der Waals surface area contributed by atoms with Gasteiger partial charge >= 0.3 is 0 Å². The van der Waals surface area contributed by atoms with Crippen LogP contribution in [0, 0.1) is 6.92 Å². The minimum atomic E-state index is -0.236. The molecule has 0 heterocycles. The van der Waals surface area contributed by atoms with Crippen molar-refractivity contribution in [3.63, 3.8) is 0 Å². The molecule has 1 amide bonds. The van der Waals surface area contributed by atoms with E-state index in [-0.39, 0.29) is 10.7 Å². The first kappa shape index (κ1) is 13.8. The van der Waals surface area contributed by atoms with Crippen molar-refractivity contribution >= 4 is 50.7 Å². The summed E-state index contributed by atoms with van der Waals surface area (Å²) in [7, 11) is 0. The second kappa shape index (κ2) is 5.89. The minimum Gasteiger partial charge on any atom is -0.323 e. The molecule has 0 aliphatic carbocycles. The van der Waals surface area contributed by atoms with E-state index in [1.165, 1.54) is 0 Å². The van der Waals surface area contributed by atoms with Gasteiger partial charge in [-0.2, -0.15) is 0 Å². The maximum Gasteiger partial charge on any atom is 0.238 e. The number of rotatable bonds is 3. The summed E-state index contributed by atoms with van der Waals surface area (Å²) in [6.07, 6.45) is 0.701. The van der Waals surface area contributed by atoms with Crippen LogP contribution in [0.15, 0.2) is 12.1 Å². The Morgan fingerprint density at radius 2 is 2.12 bits per heavy atom. The van der Waals surface area contributed by atoms with Crippen LogP contribution in [0.2, 0.25) is 10.0 Å². The fourth-order valence-corrected chi connectivity index (χ4v) is 1.74. The molecule has 1 rings (SSSR count). The maximum absolute atomic E-state index is 11.7. The van der Waals surface area contributed by atoms with E-state index in [1.54, 1.807) is 6.07 Å². The molecule has 0 bridgehead atoms. The monoisotopic (exact) mass is 323 g/mol. The third kappa shape index (κ3) is 3.12. The number of carbonyl (C=O) groups excluding carboxylic acids is 1. The number of benzene rings is 1. The predicted molar refractivity (Wildman–Crippen MR) is 72.8 cm³/mol. The van der Waals surface area contributed by atoms with E-state index in [4.69, 9.17) is 23.2 Å². The molecule has 1 aromatic carbocycles. The first-order valence-electron chi connectivity index (χ1n) is 4.87. The number of hydrogen-bond acceptors (Lipinski definition) is 1. The van der Waals surface area contributed by atoms with Crippen molar-refractivity contribution in [2.75, 3.05) is 5.32 Å². The second-order valence-electron chi connectivity index (χ2n) is 3.42. The molecule has 0 saturated carbocycles. The number of amides is 1. The number of hydrogen-bond donors (Lipinski definition) is 1. The zero-order chi connectivity index (χ0) is 12.3. The third-order valence-corrected chi connectivity index (χ3v) is 4.04. The highest BCUT2D eigenvalue weighted by atomic mass is 79.9. The first-order chi connectivity index (χ1) is 7.47. The van der Waals surface area contributed by atoms with E-state index in [9.17, 15) is 4.79 Å². The Morgan fingerprint density at radius 1 is 1.50 bits per heavy atom. The summed E-state index contributed by atoms with van der Waals surface area (Å²) >= 11 is 15.3. The molecular formula is C11H12BrCl2NO. The molecule has 1 N–H and O–H groups in total. The standard InChI is InChI=1S/C11H12BrCl2NO/c1-3-7(12)11(16)15-10-8(13)5-4-6(2)9(10)14/h4-5,7H,3H2,1-2H3,(H,15,16). The Kier molecular flexibility index (Phi) is 5.09. The lowest BCUT2D eigenvalue weighted by Crippen LogP contribution is -2.22. The average molecular weight is 325 g/mol. The van der Waals surface area contributed by atoms with E-state index in [0.29, 0.717) is 22.2 Å². The highest BCUT2D eigenvalue weighted by molar-refractivity contribution is 9.10. The molecule has 1 atom stereocenters. The molecule has 0 spiro atoms. The molecular weight excluding hydrogens is 313 g/mol. The molecule has 16 heavy (non-hydrogen) atoms. The summed E-state index contributed by atoms with van der Waals surface area (Å²) in [4.78, 5) is 11.4. The van der Waals surface area contributed by atoms with Crippen molar-refractivity contribution in [1.82, 2.24) is 0 Å². The fraction of sp³-hybridized carbons (Fsp3) is 0.364. The number of anilines is 1. The molecule has 0 fully saturated rings. The van der Waals surface area contributed by atoms with Crippen LogP contribution in [0.4, 0.5) is 5.69 Å². The van der Waals surface area contributed by atoms with Crippen molar-refractivity contribution in [1.29, 1.82) is 0 Å². The van der Waals surface area contributed by atoms with Gasteiger partial charge in [-0.15, -0.1) is 0 Å². The summed E-state index contributed by atoms with van der Waals surface area (Å²) in [5, 5.41) is 3.65. The SMILES string of the molecule is CCC(Br)C(=O)Nc1c(Cl)ccc(C)c1Cl. The van der Waals surface area contributed by atoms with Crippen LogP contribution in [0.3, 0.4) is 0 Å². The smallest absolute Gasteiger partial charge is 0.238 e. The van der Waals surface area contributed by atoms with E-state index in [1.807, 2.05) is 19.9 Å². The van der Waals surface area contributed by atoms with Crippen LogP contribution in [0.5, 0.6) is 0 Å². The summed E-state index contributed by atoms with van der Waals surface area (Å²) in [6.45, 7) is 3.78. The Balaban J connectivity index is 2.97. The molecule has 0 radical (unpaired) electrons. The molecule has 0 aliphatic rings. The van der Waals surface area contributed by atoms with Crippen molar-refractivity contribution in [2.45, 2.75) is 25.1 Å². The quantitative estimate of drug-likeness (QED) is 0.819. The number of carbonyl (C=O) groups is 1. The van der Waals surface area contributed by atoms with Gasteiger partial charge in [0.25, 0.3) is 0 Å². The summed E-state index contributed by atoms with van der Waals surface area (Å²) in [5.41, 5.74) is 1.36. The van der Waals surface area contributed by atoms with Gasteiger partial charge in [0.05, 0.1) is 20.6 Å². The normalized spacial score (nSPS) is 12.3. The number of aryl methyl sites for hydroxylation is 1. The number of halogens is 3. The lowest BCUT2D eigenvalue weighted by Gasteiger charge is -2.13. The molecule has 1 aromatic rings. The van der Waals surface area contributed by atoms with Gasteiger partial charge in [-0.3, -0.25) is 4.79 Å². The second-order valence-corrected chi connectivity index (χ2v) is 5.31. The largest absolute Gasteiger partial charge is 0.323 e. The highest BCUT2D eigenvalue weighted by Crippen LogP contribution is 2.33. The molecule has 2 nitrogen and oxygen atoms in total. The lowest BCUT2D eigenvalue weighted by atomic mass is 10.2. The van der Waals surface area contributed by atoms with Gasteiger partial charge in [-0.25, -0.2) is 0 Å². The van der Waals surface area contributed by atoms with E-state index in [2.05, 4.69) is 21.2 Å². The van der Waals surface area contributed by atoms with Gasteiger partial charge in [0.15, 0.2) is 0 Å². The van der Waals surface area contributed by atoms with Gasteiger partial charge in [0, 0.05) is 0 Å². The topological polar surface area (TPSA) is 29.1 Å². The lowest BCUT2D eigenvalue weighted by molar-refractivity contribution is -0.115. The van der Waals surface area contributed by atoms with Crippen LogP contribution in [-0.2, 0) is 4.79 Å². The zero-order valence-corrected chi connectivity index (χ0v) is 12.1. The van der Waals surface area contributed by atoms with E-state index < -0.39 is 0 Å². The van der Waals surface area contributed by atoms with Crippen LogP contribution in [-0.4, -0.2) is 10.7 Å². The van der Waals surface area contributed by atoms with Crippen LogP contribution in [0.1, 0.15) is 18.9 Å². The maximum atomic E-state index is 11.7. The van der Waals surface area contributed by atoms with Crippen molar-refractivity contribution in [3.8, 4) is 0 Å². The highest BCUT2D eigenvalue weighted by Gasteiger charge is 2.16. The molecule has 1 unspecified atom stereocenters. The Bertz CT molecular complexity index is 409. The van der Waals surface area contributed by atoms with Crippen LogP contribution in [0.25, 0.3) is 0 Å². The number of alkyl halides is 1. The van der Waals surface area contributed by atoms with Crippen LogP contribution < -0.4 is 5.32 Å². The summed E-state index contributed by atoms with van der Waals surface area (Å²) < 4.78 is 0. The van der Waals surface area contributed by atoms with Gasteiger partial charge in [-0.05, 0) is 25.0 Å². The van der Waals surface area contributed by atoms with E-state index >= 15 is 0 Å². The zero-order valence-electron chi connectivity index (χ0n) is 8.98. The minimum absolute atomic E-state index is 0.142. The molecule has 0 saturated heterocycles. The van der Waals surface area contributed by atoms with E-state index in [0.717, 1.165) is 5.56 Å². The molecule has 88 valence electrons. The van der Waals surface area contributed by atoms with Crippen LogP contribution >= 0.6 is 39.1 Å².